The number of imidazole rings is 1. The number of nitrogens with zero attached hydrogens (tertiary/aromatic N) is 4. The number of carbonyl (C=O) groups excluding carboxylic acids is 1. The zero-order chi connectivity index (χ0) is 11.7. The third-order valence-corrected chi connectivity index (χ3v) is 2.55. The highest BCUT2D eigenvalue weighted by atomic mass is 16.1. The summed E-state index contributed by atoms with van der Waals surface area (Å²) in [6, 6.07) is 1.89. The molecule has 0 spiro atoms. The number of pyridine rings is 1. The summed E-state index contributed by atoms with van der Waals surface area (Å²) in [7, 11) is 3.89. The maximum atomic E-state index is 10.9. The highest BCUT2D eigenvalue weighted by Crippen LogP contribution is 2.23. The summed E-state index contributed by atoms with van der Waals surface area (Å²) in [4.78, 5) is 21.5. The van der Waals surface area contributed by atoms with Crippen LogP contribution in [0.2, 0.25) is 0 Å². The van der Waals surface area contributed by atoms with Crippen LogP contribution < -0.4 is 4.90 Å². The molecule has 0 bridgehead atoms. The average molecular weight is 218 g/mol. The van der Waals surface area contributed by atoms with Crippen molar-refractivity contribution < 1.29 is 4.79 Å². The molecule has 0 aliphatic heterocycles. The van der Waals surface area contributed by atoms with Gasteiger partial charge in [0.25, 0.3) is 0 Å². The number of rotatable bonds is 3. The van der Waals surface area contributed by atoms with Crippen LogP contribution in [-0.4, -0.2) is 34.9 Å². The number of aldehydes is 1. The second-order valence-corrected chi connectivity index (χ2v) is 3.73. The van der Waals surface area contributed by atoms with E-state index >= 15 is 0 Å². The lowest BCUT2D eigenvalue weighted by molar-refractivity contribution is 0.111. The number of aryl methyl sites for hydroxylation is 1. The number of hydrogen-bond acceptors (Lipinski definition) is 4. The van der Waals surface area contributed by atoms with Crippen LogP contribution >= 0.6 is 0 Å². The minimum atomic E-state index is 0.430. The van der Waals surface area contributed by atoms with Gasteiger partial charge in [-0.05, 0) is 13.0 Å². The Morgan fingerprint density at radius 1 is 1.50 bits per heavy atom. The highest BCUT2D eigenvalue weighted by molar-refractivity contribution is 5.89. The molecule has 5 heteroatoms. The summed E-state index contributed by atoms with van der Waals surface area (Å²) in [6.07, 6.45) is 2.50. The van der Waals surface area contributed by atoms with Crippen LogP contribution in [0.4, 0.5) is 5.69 Å². The van der Waals surface area contributed by atoms with Gasteiger partial charge in [-0.1, -0.05) is 0 Å². The Labute approximate surface area is 93.7 Å². The standard InChI is InChI=1S/C11H14N4O/c1-4-15-9(7-16)13-10-8(14(2)3)5-6-12-11(10)15/h5-7H,4H2,1-3H3. The molecule has 0 atom stereocenters. The van der Waals surface area contributed by atoms with Crippen molar-refractivity contribution in [2.24, 2.45) is 0 Å². The molecule has 2 aromatic rings. The quantitative estimate of drug-likeness (QED) is 0.729. The molecule has 5 nitrogen and oxygen atoms in total. The van der Waals surface area contributed by atoms with Crippen LogP contribution in [-0.2, 0) is 6.54 Å². The summed E-state index contributed by atoms with van der Waals surface area (Å²) in [5.74, 6) is 0.430. The van der Waals surface area contributed by atoms with E-state index in [1.165, 1.54) is 0 Å². The van der Waals surface area contributed by atoms with Crippen LogP contribution in [0.1, 0.15) is 17.5 Å². The van der Waals surface area contributed by atoms with Gasteiger partial charge >= 0.3 is 0 Å². The Balaban J connectivity index is 2.80. The zero-order valence-electron chi connectivity index (χ0n) is 9.64. The maximum Gasteiger partial charge on any atom is 0.185 e. The van der Waals surface area contributed by atoms with Crippen molar-refractivity contribution in [3.8, 4) is 0 Å². The van der Waals surface area contributed by atoms with Gasteiger partial charge in [-0.15, -0.1) is 0 Å². The summed E-state index contributed by atoms with van der Waals surface area (Å²) < 4.78 is 1.81. The Morgan fingerprint density at radius 3 is 2.81 bits per heavy atom. The number of anilines is 1. The maximum absolute atomic E-state index is 10.9. The van der Waals surface area contributed by atoms with Gasteiger partial charge in [-0.2, -0.15) is 0 Å². The fourth-order valence-electron chi connectivity index (χ4n) is 1.78. The molecule has 0 aromatic carbocycles. The minimum Gasteiger partial charge on any atom is -0.376 e. The lowest BCUT2D eigenvalue weighted by atomic mass is 10.3. The summed E-state index contributed by atoms with van der Waals surface area (Å²) in [5, 5.41) is 0. The summed E-state index contributed by atoms with van der Waals surface area (Å²) in [5.41, 5.74) is 2.51. The SMILES string of the molecule is CCn1c(C=O)nc2c(N(C)C)ccnc21. The first-order chi connectivity index (χ1) is 7.69. The first-order valence-electron chi connectivity index (χ1n) is 5.16. The van der Waals surface area contributed by atoms with Gasteiger partial charge in [0.15, 0.2) is 17.8 Å². The largest absolute Gasteiger partial charge is 0.376 e. The molecule has 0 N–H and O–H groups in total. The Hall–Kier alpha value is -1.91. The molecule has 0 radical (unpaired) electrons. The number of aromatic nitrogens is 3. The van der Waals surface area contributed by atoms with E-state index in [-0.39, 0.29) is 0 Å². The van der Waals surface area contributed by atoms with Crippen molar-refractivity contribution in [1.29, 1.82) is 0 Å². The Bertz CT molecular complexity index is 530. The monoisotopic (exact) mass is 218 g/mol. The molecule has 0 unspecified atom stereocenters. The first-order valence-corrected chi connectivity index (χ1v) is 5.16. The third-order valence-electron chi connectivity index (χ3n) is 2.55. The predicted octanol–water partition coefficient (Wildman–Crippen LogP) is 1.33. The lowest BCUT2D eigenvalue weighted by Gasteiger charge is -2.12. The lowest BCUT2D eigenvalue weighted by Crippen LogP contribution is -2.09. The predicted molar refractivity (Wildman–Crippen MR) is 62.9 cm³/mol. The third kappa shape index (κ3) is 1.44. The van der Waals surface area contributed by atoms with Crippen LogP contribution in [0, 0.1) is 0 Å². The van der Waals surface area contributed by atoms with Crippen molar-refractivity contribution in [3.05, 3.63) is 18.1 Å². The number of hydrogen-bond donors (Lipinski definition) is 0. The molecule has 2 rings (SSSR count). The zero-order valence-corrected chi connectivity index (χ0v) is 9.64. The van der Waals surface area contributed by atoms with Crippen molar-refractivity contribution in [3.63, 3.8) is 0 Å². The van der Waals surface area contributed by atoms with Crippen molar-refractivity contribution >= 4 is 23.1 Å². The second-order valence-electron chi connectivity index (χ2n) is 3.73. The van der Waals surface area contributed by atoms with E-state index in [9.17, 15) is 4.79 Å². The van der Waals surface area contributed by atoms with Crippen LogP contribution in [0.5, 0.6) is 0 Å². The molecule has 2 heterocycles. The summed E-state index contributed by atoms with van der Waals surface area (Å²) in [6.45, 7) is 2.66. The molecular weight excluding hydrogens is 204 g/mol. The van der Waals surface area contributed by atoms with Gasteiger partial charge < -0.3 is 9.47 Å². The van der Waals surface area contributed by atoms with Crippen molar-refractivity contribution in [1.82, 2.24) is 14.5 Å². The first kappa shape index (κ1) is 10.6. The molecule has 0 saturated heterocycles. The number of carbonyl (C=O) groups is 1. The average Bonchev–Trinajstić information content (AvgIpc) is 2.65. The van der Waals surface area contributed by atoms with E-state index in [1.54, 1.807) is 6.20 Å². The highest BCUT2D eigenvalue weighted by Gasteiger charge is 2.13. The van der Waals surface area contributed by atoms with E-state index < -0.39 is 0 Å². The van der Waals surface area contributed by atoms with Crippen LogP contribution in [0.15, 0.2) is 12.3 Å². The summed E-state index contributed by atoms with van der Waals surface area (Å²) >= 11 is 0. The molecule has 16 heavy (non-hydrogen) atoms. The fourth-order valence-corrected chi connectivity index (χ4v) is 1.78. The normalized spacial score (nSPS) is 10.7. The number of fused-ring (bicyclic) bond motifs is 1. The smallest absolute Gasteiger partial charge is 0.185 e. The van der Waals surface area contributed by atoms with E-state index in [0.717, 1.165) is 23.1 Å². The fraction of sp³-hybridized carbons (Fsp3) is 0.364. The van der Waals surface area contributed by atoms with Crippen molar-refractivity contribution in [2.75, 3.05) is 19.0 Å². The van der Waals surface area contributed by atoms with Crippen molar-refractivity contribution in [2.45, 2.75) is 13.5 Å². The van der Waals surface area contributed by atoms with Gasteiger partial charge in [0.1, 0.15) is 5.52 Å². The van der Waals surface area contributed by atoms with Gasteiger partial charge in [0.2, 0.25) is 0 Å². The van der Waals surface area contributed by atoms with Gasteiger partial charge in [-0.25, -0.2) is 9.97 Å². The van der Waals surface area contributed by atoms with E-state index in [1.807, 2.05) is 36.6 Å². The van der Waals surface area contributed by atoms with Gasteiger partial charge in [-0.3, -0.25) is 4.79 Å². The Kier molecular flexibility index (Phi) is 2.60. The molecule has 84 valence electrons. The molecule has 0 amide bonds. The van der Waals surface area contributed by atoms with Gasteiger partial charge in [0.05, 0.1) is 5.69 Å². The topological polar surface area (TPSA) is 51.0 Å². The molecule has 0 fully saturated rings. The van der Waals surface area contributed by atoms with E-state index in [2.05, 4.69) is 9.97 Å². The van der Waals surface area contributed by atoms with Crippen LogP contribution in [0.25, 0.3) is 11.2 Å². The molecule has 0 aliphatic rings. The van der Waals surface area contributed by atoms with E-state index in [4.69, 9.17) is 0 Å². The minimum absolute atomic E-state index is 0.430. The van der Waals surface area contributed by atoms with Crippen LogP contribution in [0.3, 0.4) is 0 Å². The molecule has 2 aromatic heterocycles. The Morgan fingerprint density at radius 2 is 2.25 bits per heavy atom. The molecular formula is C11H14N4O. The van der Waals surface area contributed by atoms with Gasteiger partial charge in [0, 0.05) is 26.8 Å². The van der Waals surface area contributed by atoms with E-state index in [0.29, 0.717) is 12.4 Å². The molecule has 0 saturated carbocycles. The second kappa shape index (κ2) is 3.92. The molecule has 0 aliphatic carbocycles.